The Balaban J connectivity index is 2.20. The van der Waals surface area contributed by atoms with Crippen LogP contribution in [0.5, 0.6) is 0 Å². The van der Waals surface area contributed by atoms with Crippen LogP contribution in [0.3, 0.4) is 0 Å². The van der Waals surface area contributed by atoms with Crippen LogP contribution in [0.4, 0.5) is 0 Å². The number of hydrogen-bond acceptors (Lipinski definition) is 4. The molecule has 0 spiro atoms. The molecule has 5 N–H and O–H groups in total. The van der Waals surface area contributed by atoms with E-state index in [2.05, 4.69) is 5.32 Å². The molecule has 1 aliphatic carbocycles. The highest BCUT2D eigenvalue weighted by Crippen LogP contribution is 2.28. The van der Waals surface area contributed by atoms with Gasteiger partial charge in [-0.2, -0.15) is 0 Å². The van der Waals surface area contributed by atoms with Gasteiger partial charge in [-0.25, -0.2) is 4.79 Å². The summed E-state index contributed by atoms with van der Waals surface area (Å²) in [6, 6.07) is 0. The third-order valence-corrected chi connectivity index (χ3v) is 2.69. The van der Waals surface area contributed by atoms with E-state index in [1.54, 1.807) is 0 Å². The van der Waals surface area contributed by atoms with Gasteiger partial charge in [0, 0.05) is 13.0 Å². The van der Waals surface area contributed by atoms with E-state index in [9.17, 15) is 9.59 Å². The summed E-state index contributed by atoms with van der Waals surface area (Å²) >= 11 is 0. The SMILES string of the molecule is NC1(C(=O)NCCC(O)C(=O)O)CCC1. The molecule has 15 heavy (non-hydrogen) atoms. The van der Waals surface area contributed by atoms with Crippen LogP contribution in [0, 0.1) is 0 Å². The molecule has 0 aliphatic heterocycles. The number of nitrogens with two attached hydrogens (primary N) is 1. The maximum atomic E-state index is 11.4. The zero-order valence-corrected chi connectivity index (χ0v) is 8.40. The zero-order chi connectivity index (χ0) is 11.5. The van der Waals surface area contributed by atoms with Crippen molar-refractivity contribution in [1.82, 2.24) is 5.32 Å². The molecule has 0 bridgehead atoms. The topological polar surface area (TPSA) is 113 Å². The van der Waals surface area contributed by atoms with Crippen molar-refractivity contribution in [2.45, 2.75) is 37.3 Å². The van der Waals surface area contributed by atoms with Crippen molar-refractivity contribution in [1.29, 1.82) is 0 Å². The second kappa shape index (κ2) is 4.59. The molecule has 0 radical (unpaired) electrons. The van der Waals surface area contributed by atoms with Crippen molar-refractivity contribution in [3.05, 3.63) is 0 Å². The Hall–Kier alpha value is -1.14. The quantitative estimate of drug-likeness (QED) is 0.462. The van der Waals surface area contributed by atoms with E-state index in [0.29, 0.717) is 12.8 Å². The van der Waals surface area contributed by atoms with Crippen LogP contribution in [-0.4, -0.2) is 40.3 Å². The van der Waals surface area contributed by atoms with Gasteiger partial charge in [0.2, 0.25) is 5.91 Å². The highest BCUT2D eigenvalue weighted by Gasteiger charge is 2.39. The van der Waals surface area contributed by atoms with Gasteiger partial charge in [0.1, 0.15) is 0 Å². The van der Waals surface area contributed by atoms with E-state index >= 15 is 0 Å². The van der Waals surface area contributed by atoms with Gasteiger partial charge in [-0.1, -0.05) is 0 Å². The van der Waals surface area contributed by atoms with Crippen LogP contribution in [0.1, 0.15) is 25.7 Å². The van der Waals surface area contributed by atoms with Gasteiger partial charge >= 0.3 is 5.97 Å². The Morgan fingerprint density at radius 3 is 2.47 bits per heavy atom. The average molecular weight is 216 g/mol. The first-order valence-corrected chi connectivity index (χ1v) is 4.94. The lowest BCUT2D eigenvalue weighted by atomic mass is 9.77. The molecule has 0 saturated heterocycles. The molecule has 1 fully saturated rings. The van der Waals surface area contributed by atoms with Crippen molar-refractivity contribution in [3.63, 3.8) is 0 Å². The third kappa shape index (κ3) is 2.90. The minimum absolute atomic E-state index is 0.00282. The van der Waals surface area contributed by atoms with E-state index in [1.165, 1.54) is 0 Å². The number of nitrogens with one attached hydrogen (secondary N) is 1. The molecule has 1 atom stereocenters. The number of amides is 1. The third-order valence-electron chi connectivity index (χ3n) is 2.69. The van der Waals surface area contributed by atoms with Crippen LogP contribution in [-0.2, 0) is 9.59 Å². The highest BCUT2D eigenvalue weighted by atomic mass is 16.4. The monoisotopic (exact) mass is 216 g/mol. The number of carboxylic acids is 1. The Morgan fingerprint density at radius 1 is 1.47 bits per heavy atom. The Kier molecular flexibility index (Phi) is 3.65. The summed E-state index contributed by atoms with van der Waals surface area (Å²) in [6.07, 6.45) is 0.847. The van der Waals surface area contributed by atoms with Crippen molar-refractivity contribution in [3.8, 4) is 0 Å². The van der Waals surface area contributed by atoms with Crippen molar-refractivity contribution >= 4 is 11.9 Å². The second-order valence-corrected chi connectivity index (χ2v) is 3.91. The normalized spacial score (nSPS) is 20.1. The maximum Gasteiger partial charge on any atom is 0.332 e. The lowest BCUT2D eigenvalue weighted by Gasteiger charge is -2.36. The highest BCUT2D eigenvalue weighted by molar-refractivity contribution is 5.87. The summed E-state index contributed by atoms with van der Waals surface area (Å²) in [5.41, 5.74) is 4.96. The zero-order valence-electron chi connectivity index (χ0n) is 8.40. The maximum absolute atomic E-state index is 11.4. The molecule has 1 rings (SSSR count). The van der Waals surface area contributed by atoms with Crippen LogP contribution < -0.4 is 11.1 Å². The van der Waals surface area contributed by atoms with E-state index in [-0.39, 0.29) is 18.9 Å². The minimum Gasteiger partial charge on any atom is -0.479 e. The van der Waals surface area contributed by atoms with Crippen LogP contribution in [0.15, 0.2) is 0 Å². The number of aliphatic carboxylic acids is 1. The van der Waals surface area contributed by atoms with E-state index in [4.69, 9.17) is 15.9 Å². The summed E-state index contributed by atoms with van der Waals surface area (Å²) in [5, 5.41) is 19.8. The van der Waals surface area contributed by atoms with Gasteiger partial charge in [-0.3, -0.25) is 4.79 Å². The number of carbonyl (C=O) groups is 2. The van der Waals surface area contributed by atoms with Crippen molar-refractivity contribution in [2.75, 3.05) is 6.54 Å². The molecule has 6 heteroatoms. The van der Waals surface area contributed by atoms with Gasteiger partial charge in [0.15, 0.2) is 6.10 Å². The van der Waals surface area contributed by atoms with Crippen molar-refractivity contribution in [2.24, 2.45) is 5.73 Å². The van der Waals surface area contributed by atoms with Crippen molar-refractivity contribution < 1.29 is 19.8 Å². The Morgan fingerprint density at radius 2 is 2.07 bits per heavy atom. The van der Waals surface area contributed by atoms with Gasteiger partial charge in [-0.05, 0) is 19.3 Å². The standard InChI is InChI=1S/C9H16N2O4/c10-9(3-1-4-9)8(15)11-5-2-6(12)7(13)14/h6,12H,1-5,10H2,(H,11,15)(H,13,14). The fraction of sp³-hybridized carbons (Fsp3) is 0.778. The van der Waals surface area contributed by atoms with Gasteiger partial charge in [0.25, 0.3) is 0 Å². The average Bonchev–Trinajstić information content (AvgIpc) is 2.13. The number of rotatable bonds is 5. The van der Waals surface area contributed by atoms with Crippen LogP contribution in [0.25, 0.3) is 0 Å². The lowest BCUT2D eigenvalue weighted by molar-refractivity contribution is -0.147. The summed E-state index contributed by atoms with van der Waals surface area (Å²) < 4.78 is 0. The number of aliphatic hydroxyl groups is 1. The summed E-state index contributed by atoms with van der Waals surface area (Å²) in [5.74, 6) is -1.54. The summed E-state index contributed by atoms with van der Waals surface area (Å²) in [4.78, 5) is 21.7. The molecule has 1 saturated carbocycles. The largest absolute Gasteiger partial charge is 0.479 e. The molecule has 6 nitrogen and oxygen atoms in total. The molecule has 0 aromatic heterocycles. The molecule has 0 heterocycles. The fourth-order valence-electron chi connectivity index (χ4n) is 1.41. The van der Waals surface area contributed by atoms with E-state index in [0.717, 1.165) is 6.42 Å². The summed E-state index contributed by atoms with van der Waals surface area (Å²) in [6.45, 7) is 0.130. The Bertz CT molecular complexity index is 263. The first-order chi connectivity index (χ1) is 6.96. The fourth-order valence-corrected chi connectivity index (χ4v) is 1.41. The van der Waals surface area contributed by atoms with Gasteiger partial charge in [0.05, 0.1) is 5.54 Å². The van der Waals surface area contributed by atoms with Crippen LogP contribution in [0.2, 0.25) is 0 Å². The second-order valence-electron chi connectivity index (χ2n) is 3.91. The number of carbonyl (C=O) groups excluding carboxylic acids is 1. The molecule has 1 amide bonds. The number of hydrogen-bond donors (Lipinski definition) is 4. The van der Waals surface area contributed by atoms with Gasteiger partial charge < -0.3 is 21.3 Å². The number of carboxylic acid groups (broad SMARTS) is 1. The number of aliphatic hydroxyl groups excluding tert-OH is 1. The molecule has 86 valence electrons. The molecular formula is C9H16N2O4. The smallest absolute Gasteiger partial charge is 0.332 e. The Labute approximate surface area is 87.5 Å². The minimum atomic E-state index is -1.43. The van der Waals surface area contributed by atoms with E-state index in [1.807, 2.05) is 0 Å². The molecule has 1 unspecified atom stereocenters. The van der Waals surface area contributed by atoms with Crippen LogP contribution >= 0.6 is 0 Å². The molecule has 0 aromatic rings. The van der Waals surface area contributed by atoms with Gasteiger partial charge in [-0.15, -0.1) is 0 Å². The summed E-state index contributed by atoms with van der Waals surface area (Å²) in [7, 11) is 0. The molecule has 0 aromatic carbocycles. The molecule has 1 aliphatic rings. The first-order valence-electron chi connectivity index (χ1n) is 4.94. The molecular weight excluding hydrogens is 200 g/mol. The first kappa shape index (κ1) is 11.9. The van der Waals surface area contributed by atoms with E-state index < -0.39 is 17.6 Å². The predicted molar refractivity (Wildman–Crippen MR) is 52.0 cm³/mol. The lowest BCUT2D eigenvalue weighted by Crippen LogP contribution is -2.58. The predicted octanol–water partition coefficient (Wildman–Crippen LogP) is -1.18.